The Labute approximate surface area is 162 Å². The zero-order chi connectivity index (χ0) is 20.3. The zero-order valence-electron chi connectivity index (χ0n) is 15.0. The van der Waals surface area contributed by atoms with Gasteiger partial charge in [-0.3, -0.25) is 9.69 Å². The molecule has 0 spiro atoms. The Morgan fingerprint density at radius 3 is 2.86 bits per heavy atom. The first kappa shape index (κ1) is 20.1. The third-order valence-corrected chi connectivity index (χ3v) is 5.30. The van der Waals surface area contributed by atoms with Gasteiger partial charge in [0.25, 0.3) is 5.91 Å². The minimum absolute atomic E-state index is 0.0320. The topological polar surface area (TPSA) is 91.6 Å². The minimum atomic E-state index is -4.23. The molecule has 0 radical (unpaired) electrons. The number of oxazole rings is 1. The van der Waals surface area contributed by atoms with E-state index in [0.29, 0.717) is 34.5 Å². The van der Waals surface area contributed by atoms with Gasteiger partial charge in [-0.2, -0.15) is 13.2 Å². The largest absolute Gasteiger partial charge is 0.451 e. The molecule has 1 saturated heterocycles. The van der Waals surface area contributed by atoms with Crippen molar-refractivity contribution >= 4 is 28.4 Å². The molecule has 0 saturated carbocycles. The summed E-state index contributed by atoms with van der Waals surface area (Å²) in [5, 5.41) is 3.05. The number of aryl methyl sites for hydroxylation is 1. The Bertz CT molecular complexity index is 837. The number of carbonyl (C=O) groups excluding carboxylic acids is 2. The lowest BCUT2D eigenvalue weighted by Crippen LogP contribution is -2.32. The Morgan fingerprint density at radius 2 is 2.18 bits per heavy atom. The molecule has 152 valence electrons. The van der Waals surface area contributed by atoms with Crippen LogP contribution in [0.5, 0.6) is 0 Å². The highest BCUT2D eigenvalue weighted by atomic mass is 32.1. The maximum atomic E-state index is 12.5. The molecule has 1 aliphatic heterocycles. The summed E-state index contributed by atoms with van der Waals surface area (Å²) in [5.41, 5.74) is 1.04. The van der Waals surface area contributed by atoms with E-state index in [1.807, 2.05) is 0 Å². The maximum Gasteiger partial charge on any atom is 0.389 e. The molecular weight excluding hydrogens is 399 g/mol. The first-order chi connectivity index (χ1) is 13.2. The van der Waals surface area contributed by atoms with E-state index in [9.17, 15) is 22.8 Å². The van der Waals surface area contributed by atoms with Crippen LogP contribution in [0.4, 0.5) is 23.1 Å². The van der Waals surface area contributed by atoms with Crippen molar-refractivity contribution in [2.45, 2.75) is 32.5 Å². The number of urea groups is 1. The van der Waals surface area contributed by atoms with Gasteiger partial charge in [-0.15, -0.1) is 0 Å². The molecule has 3 heterocycles. The van der Waals surface area contributed by atoms with Gasteiger partial charge < -0.3 is 14.6 Å². The lowest BCUT2D eigenvalue weighted by atomic mass is 10.3. The Balaban J connectivity index is 1.59. The van der Waals surface area contributed by atoms with Crippen molar-refractivity contribution in [3.05, 3.63) is 28.9 Å². The number of alkyl halides is 3. The van der Waals surface area contributed by atoms with Crippen molar-refractivity contribution in [3.8, 4) is 0 Å². The van der Waals surface area contributed by atoms with E-state index in [0.717, 1.165) is 11.3 Å². The third-order valence-electron chi connectivity index (χ3n) is 4.12. The summed E-state index contributed by atoms with van der Waals surface area (Å²) in [7, 11) is 0. The van der Waals surface area contributed by atoms with Crippen molar-refractivity contribution in [2.75, 3.05) is 24.5 Å². The third kappa shape index (κ3) is 4.80. The molecule has 3 rings (SSSR count). The molecule has 0 aliphatic carbocycles. The van der Waals surface area contributed by atoms with Gasteiger partial charge in [0.15, 0.2) is 11.5 Å². The van der Waals surface area contributed by atoms with Crippen LogP contribution in [0, 0.1) is 6.92 Å². The smallest absolute Gasteiger partial charge is 0.389 e. The number of halogens is 3. The number of thiazole rings is 1. The molecule has 2 aromatic heterocycles. The monoisotopic (exact) mass is 417 g/mol. The molecule has 0 bridgehead atoms. The average molecular weight is 417 g/mol. The van der Waals surface area contributed by atoms with E-state index in [-0.39, 0.29) is 25.4 Å². The van der Waals surface area contributed by atoms with Crippen molar-refractivity contribution in [1.82, 2.24) is 20.2 Å². The number of carbonyl (C=O) groups is 2. The van der Waals surface area contributed by atoms with Gasteiger partial charge in [0, 0.05) is 26.1 Å². The van der Waals surface area contributed by atoms with E-state index < -0.39 is 18.6 Å². The SMILES string of the molecule is Cc1nc(N2CCN(CCCC(F)(F)F)C2=O)sc1C(=O)NCc1cocn1. The van der Waals surface area contributed by atoms with E-state index >= 15 is 0 Å². The quantitative estimate of drug-likeness (QED) is 0.748. The van der Waals surface area contributed by atoms with Crippen LogP contribution < -0.4 is 10.2 Å². The second kappa shape index (κ2) is 8.17. The first-order valence-corrected chi connectivity index (χ1v) is 9.32. The lowest BCUT2D eigenvalue weighted by molar-refractivity contribution is -0.135. The first-order valence-electron chi connectivity index (χ1n) is 8.50. The molecule has 8 nitrogen and oxygen atoms in total. The molecule has 3 amide bonds. The van der Waals surface area contributed by atoms with Crippen molar-refractivity contribution < 1.29 is 27.2 Å². The summed E-state index contributed by atoms with van der Waals surface area (Å²) in [4.78, 5) is 36.1. The Hall–Kier alpha value is -2.63. The number of nitrogens with one attached hydrogen (secondary N) is 1. The highest BCUT2D eigenvalue weighted by Crippen LogP contribution is 2.29. The molecule has 1 fully saturated rings. The number of aromatic nitrogens is 2. The number of anilines is 1. The second-order valence-corrected chi connectivity index (χ2v) is 7.19. The second-order valence-electron chi connectivity index (χ2n) is 6.21. The van der Waals surface area contributed by atoms with Crippen molar-refractivity contribution in [3.63, 3.8) is 0 Å². The van der Waals surface area contributed by atoms with Crippen LogP contribution in [-0.2, 0) is 6.54 Å². The number of amides is 3. The van der Waals surface area contributed by atoms with E-state index in [1.54, 1.807) is 6.92 Å². The summed E-state index contributed by atoms with van der Waals surface area (Å²) in [6.07, 6.45) is -2.62. The van der Waals surface area contributed by atoms with Gasteiger partial charge in [0.05, 0.1) is 17.9 Å². The number of nitrogens with zero attached hydrogens (tertiary/aromatic N) is 4. The fourth-order valence-corrected chi connectivity index (χ4v) is 3.73. The summed E-state index contributed by atoms with van der Waals surface area (Å²) in [5.74, 6) is -0.349. The standard InChI is InChI=1S/C16H18F3N5O3S/c1-10-12(13(25)20-7-11-8-27-9-21-11)28-14(22-10)24-6-5-23(15(24)26)4-2-3-16(17,18)19/h8-9H,2-7H2,1H3,(H,20,25). The highest BCUT2D eigenvalue weighted by molar-refractivity contribution is 7.17. The predicted molar refractivity (Wildman–Crippen MR) is 94.1 cm³/mol. The van der Waals surface area contributed by atoms with Gasteiger partial charge in [-0.05, 0) is 13.3 Å². The van der Waals surface area contributed by atoms with Gasteiger partial charge in [-0.25, -0.2) is 14.8 Å². The summed E-state index contributed by atoms with van der Waals surface area (Å²) in [6.45, 7) is 2.52. The average Bonchev–Trinajstić information content (AvgIpc) is 3.33. The van der Waals surface area contributed by atoms with Crippen LogP contribution in [-0.4, -0.2) is 52.6 Å². The molecule has 2 aromatic rings. The van der Waals surface area contributed by atoms with E-state index in [4.69, 9.17) is 4.42 Å². The maximum absolute atomic E-state index is 12.5. The van der Waals surface area contributed by atoms with E-state index in [2.05, 4.69) is 15.3 Å². The molecule has 0 aromatic carbocycles. The van der Waals surface area contributed by atoms with Crippen molar-refractivity contribution in [2.24, 2.45) is 0 Å². The lowest BCUT2D eigenvalue weighted by Gasteiger charge is -2.17. The van der Waals surface area contributed by atoms with Gasteiger partial charge in [0.1, 0.15) is 11.1 Å². The number of hydrogen-bond acceptors (Lipinski definition) is 6. The highest BCUT2D eigenvalue weighted by Gasteiger charge is 2.33. The van der Waals surface area contributed by atoms with Gasteiger partial charge in [0.2, 0.25) is 0 Å². The van der Waals surface area contributed by atoms with Crippen LogP contribution in [0.3, 0.4) is 0 Å². The summed E-state index contributed by atoms with van der Waals surface area (Å²) < 4.78 is 41.7. The fraction of sp³-hybridized carbons (Fsp3) is 0.500. The van der Waals surface area contributed by atoms with Crippen LogP contribution in [0.1, 0.15) is 33.9 Å². The molecule has 1 N–H and O–H groups in total. The van der Waals surface area contributed by atoms with Crippen LogP contribution in [0.25, 0.3) is 0 Å². The minimum Gasteiger partial charge on any atom is -0.451 e. The summed E-state index contributed by atoms with van der Waals surface area (Å²) in [6, 6.07) is -0.398. The van der Waals surface area contributed by atoms with Gasteiger partial charge >= 0.3 is 12.2 Å². The summed E-state index contributed by atoms with van der Waals surface area (Å²) >= 11 is 1.07. The van der Waals surface area contributed by atoms with Crippen LogP contribution in [0.15, 0.2) is 17.1 Å². The van der Waals surface area contributed by atoms with Crippen LogP contribution >= 0.6 is 11.3 Å². The molecule has 0 unspecified atom stereocenters. The Morgan fingerprint density at radius 1 is 1.39 bits per heavy atom. The molecular formula is C16H18F3N5O3S. The molecule has 1 aliphatic rings. The van der Waals surface area contributed by atoms with E-state index in [1.165, 1.54) is 22.5 Å². The van der Waals surface area contributed by atoms with Crippen LogP contribution in [0.2, 0.25) is 0 Å². The number of rotatable bonds is 7. The normalized spacial score (nSPS) is 14.8. The number of hydrogen-bond donors (Lipinski definition) is 1. The molecule has 12 heteroatoms. The zero-order valence-corrected chi connectivity index (χ0v) is 15.8. The van der Waals surface area contributed by atoms with Crippen molar-refractivity contribution in [1.29, 1.82) is 0 Å². The fourth-order valence-electron chi connectivity index (χ4n) is 2.72. The Kier molecular flexibility index (Phi) is 5.87. The molecule has 0 atom stereocenters. The molecule has 28 heavy (non-hydrogen) atoms. The van der Waals surface area contributed by atoms with Gasteiger partial charge in [-0.1, -0.05) is 11.3 Å². The predicted octanol–water partition coefficient (Wildman–Crippen LogP) is 2.95.